The van der Waals surface area contributed by atoms with E-state index >= 15 is 0 Å². The van der Waals surface area contributed by atoms with E-state index in [1.165, 1.54) is 16.7 Å². The van der Waals surface area contributed by atoms with Crippen molar-refractivity contribution in [3.05, 3.63) is 105 Å². The van der Waals surface area contributed by atoms with Crippen LogP contribution in [0.3, 0.4) is 0 Å². The lowest BCUT2D eigenvalue weighted by Gasteiger charge is -2.20. The highest BCUT2D eigenvalue weighted by Crippen LogP contribution is 2.43. The van der Waals surface area contributed by atoms with Crippen molar-refractivity contribution in [1.29, 1.82) is 5.26 Å². The van der Waals surface area contributed by atoms with E-state index < -0.39 is 11.2 Å². The fourth-order valence-electron chi connectivity index (χ4n) is 3.78. The minimum atomic E-state index is -0.557. The zero-order chi connectivity index (χ0) is 25.1. The highest BCUT2D eigenvalue weighted by molar-refractivity contribution is 8.05. The van der Waals surface area contributed by atoms with Crippen LogP contribution in [0.1, 0.15) is 22.3 Å². The molecule has 1 heterocycles. The summed E-state index contributed by atoms with van der Waals surface area (Å²) < 4.78 is 0. The highest BCUT2D eigenvalue weighted by Gasteiger charge is 2.41. The van der Waals surface area contributed by atoms with Crippen molar-refractivity contribution in [2.75, 3.05) is 10.2 Å². The van der Waals surface area contributed by atoms with Crippen molar-refractivity contribution in [1.82, 2.24) is 0 Å². The minimum absolute atomic E-state index is 0.108. The maximum Gasteiger partial charge on any atom is 0.269 e. The summed E-state index contributed by atoms with van der Waals surface area (Å²) in [5, 5.41) is 13.2. The van der Waals surface area contributed by atoms with Gasteiger partial charge in [-0.25, -0.2) is 0 Å². The Morgan fingerprint density at radius 1 is 1.06 bits per heavy atom. The predicted molar refractivity (Wildman–Crippen MR) is 142 cm³/mol. The van der Waals surface area contributed by atoms with Crippen LogP contribution in [0, 0.1) is 32.1 Å². The molecule has 1 unspecified atom stereocenters. The van der Waals surface area contributed by atoms with Gasteiger partial charge >= 0.3 is 0 Å². The molecule has 2 amide bonds. The van der Waals surface area contributed by atoms with E-state index in [0.717, 1.165) is 22.3 Å². The van der Waals surface area contributed by atoms with Crippen LogP contribution < -0.4 is 10.2 Å². The summed E-state index contributed by atoms with van der Waals surface area (Å²) in [6.07, 6.45) is 0.381. The normalized spacial score (nSPS) is 16.7. The van der Waals surface area contributed by atoms with Crippen molar-refractivity contribution in [2.45, 2.75) is 32.4 Å². The van der Waals surface area contributed by atoms with Gasteiger partial charge in [-0.2, -0.15) is 5.26 Å². The van der Waals surface area contributed by atoms with Crippen LogP contribution in [0.15, 0.2) is 77.3 Å². The van der Waals surface area contributed by atoms with Crippen molar-refractivity contribution >= 4 is 46.6 Å². The third kappa shape index (κ3) is 5.27. The topological polar surface area (TPSA) is 73.2 Å². The van der Waals surface area contributed by atoms with Crippen molar-refractivity contribution < 1.29 is 9.59 Å². The van der Waals surface area contributed by atoms with Gasteiger partial charge in [-0.05, 0) is 74.2 Å². The first-order chi connectivity index (χ1) is 16.8. The van der Waals surface area contributed by atoms with Gasteiger partial charge < -0.3 is 5.32 Å². The Morgan fingerprint density at radius 2 is 1.77 bits per heavy atom. The Kier molecular flexibility index (Phi) is 7.30. The van der Waals surface area contributed by atoms with Crippen LogP contribution in [0.25, 0.3) is 0 Å². The number of thioether (sulfide) groups is 1. The van der Waals surface area contributed by atoms with Gasteiger partial charge in [-0.1, -0.05) is 65.3 Å². The fourth-order valence-corrected chi connectivity index (χ4v) is 5.29. The molecule has 1 saturated heterocycles. The van der Waals surface area contributed by atoms with E-state index in [1.54, 1.807) is 18.2 Å². The van der Waals surface area contributed by atoms with Gasteiger partial charge in [0.25, 0.3) is 5.91 Å². The highest BCUT2D eigenvalue weighted by atomic mass is 35.5. The molecule has 0 radical (unpaired) electrons. The molecular weight excluding hydrogens is 478 g/mol. The van der Waals surface area contributed by atoms with Gasteiger partial charge in [0.2, 0.25) is 5.91 Å². The number of carbonyl (C=O) groups excluding carboxylic acids is 2. The number of nitrogens with zero attached hydrogens (tertiary/aromatic N) is 2. The number of benzene rings is 3. The summed E-state index contributed by atoms with van der Waals surface area (Å²) in [6.45, 7) is 5.91. The van der Waals surface area contributed by atoms with E-state index in [4.69, 9.17) is 11.6 Å². The van der Waals surface area contributed by atoms with Gasteiger partial charge in [0, 0.05) is 16.4 Å². The second-order valence-electron chi connectivity index (χ2n) is 8.46. The summed E-state index contributed by atoms with van der Waals surface area (Å²) >= 11 is 7.58. The molecule has 176 valence electrons. The lowest BCUT2D eigenvalue weighted by Crippen LogP contribution is -2.31. The molecule has 5 nitrogen and oxygen atoms in total. The summed E-state index contributed by atoms with van der Waals surface area (Å²) in [5.74, 6) is -0.747. The lowest BCUT2D eigenvalue weighted by atomic mass is 10.1. The Morgan fingerprint density at radius 3 is 2.43 bits per heavy atom. The minimum Gasteiger partial charge on any atom is -0.321 e. The molecule has 35 heavy (non-hydrogen) atoms. The zero-order valence-electron chi connectivity index (χ0n) is 19.6. The number of amides is 2. The molecule has 1 N–H and O–H groups in total. The number of nitrogens with one attached hydrogen (secondary N) is 1. The fraction of sp³-hybridized carbons (Fsp3) is 0.179. The largest absolute Gasteiger partial charge is 0.321 e. The van der Waals surface area contributed by atoms with E-state index in [0.29, 0.717) is 27.8 Å². The van der Waals surface area contributed by atoms with Crippen LogP contribution in [-0.4, -0.2) is 17.1 Å². The van der Waals surface area contributed by atoms with E-state index in [1.807, 2.05) is 75.4 Å². The maximum atomic E-state index is 13.7. The van der Waals surface area contributed by atoms with Gasteiger partial charge in [0.05, 0.1) is 5.25 Å². The quantitative estimate of drug-likeness (QED) is 0.327. The number of carbonyl (C=O) groups is 2. The molecule has 4 rings (SSSR count). The molecule has 0 aromatic heterocycles. The third-order valence-corrected chi connectivity index (χ3v) is 7.56. The van der Waals surface area contributed by atoms with Crippen LogP contribution in [-0.2, 0) is 16.0 Å². The number of halogens is 1. The number of aryl methyl sites for hydroxylation is 3. The van der Waals surface area contributed by atoms with E-state index in [9.17, 15) is 14.9 Å². The molecular formula is C28H24ClN3O2S. The molecule has 1 fully saturated rings. The second-order valence-corrected chi connectivity index (χ2v) is 10.1. The Hall–Kier alpha value is -3.53. The van der Waals surface area contributed by atoms with Crippen LogP contribution >= 0.6 is 23.4 Å². The maximum absolute atomic E-state index is 13.7. The lowest BCUT2D eigenvalue weighted by molar-refractivity contribution is -0.117. The van der Waals surface area contributed by atoms with Gasteiger partial charge in [-0.15, -0.1) is 0 Å². The smallest absolute Gasteiger partial charge is 0.269 e. The zero-order valence-corrected chi connectivity index (χ0v) is 21.2. The van der Waals surface area contributed by atoms with Crippen LogP contribution in [0.5, 0.6) is 0 Å². The summed E-state index contributed by atoms with van der Waals surface area (Å²) in [5.41, 5.74) is 5.09. The molecule has 3 aromatic rings. The molecule has 0 saturated carbocycles. The van der Waals surface area contributed by atoms with Gasteiger partial charge in [-0.3, -0.25) is 14.5 Å². The number of rotatable bonds is 5. The number of hydrogen-bond donors (Lipinski definition) is 1. The first-order valence-corrected chi connectivity index (χ1v) is 12.4. The molecule has 3 aromatic carbocycles. The van der Waals surface area contributed by atoms with E-state index in [-0.39, 0.29) is 11.5 Å². The average Bonchev–Trinajstić information content (AvgIpc) is 3.14. The van der Waals surface area contributed by atoms with Gasteiger partial charge in [0.1, 0.15) is 16.7 Å². The van der Waals surface area contributed by atoms with Crippen LogP contribution in [0.2, 0.25) is 5.02 Å². The summed E-state index contributed by atoms with van der Waals surface area (Å²) in [6, 6.07) is 22.4. The standard InChI is InChI=1S/C28H24ClN3O2S/c1-17-8-11-21(12-9-17)31-26(33)23(16-30)28-32(22-13-10-18(2)19(3)14-22)27(34)25(35-28)15-20-6-4-5-7-24(20)29/h4-14,25H,15H2,1-3H3,(H,31,33)/b28-23-. The molecule has 0 aliphatic carbocycles. The van der Waals surface area contributed by atoms with Crippen molar-refractivity contribution in [2.24, 2.45) is 0 Å². The Balaban J connectivity index is 1.75. The molecule has 0 bridgehead atoms. The number of nitriles is 1. The molecule has 0 spiro atoms. The van der Waals surface area contributed by atoms with Crippen molar-refractivity contribution in [3.8, 4) is 6.07 Å². The second kappa shape index (κ2) is 10.4. The Labute approximate surface area is 214 Å². The van der Waals surface area contributed by atoms with Crippen molar-refractivity contribution in [3.63, 3.8) is 0 Å². The molecule has 1 aliphatic heterocycles. The number of hydrogen-bond acceptors (Lipinski definition) is 4. The predicted octanol–water partition coefficient (Wildman–Crippen LogP) is 6.33. The van der Waals surface area contributed by atoms with E-state index in [2.05, 4.69) is 5.32 Å². The Bertz CT molecular complexity index is 1380. The third-order valence-electron chi connectivity index (χ3n) is 5.93. The molecule has 1 atom stereocenters. The summed E-state index contributed by atoms with van der Waals surface area (Å²) in [7, 11) is 0. The molecule has 1 aliphatic rings. The summed E-state index contributed by atoms with van der Waals surface area (Å²) in [4.78, 5) is 28.3. The first-order valence-electron chi connectivity index (χ1n) is 11.1. The monoisotopic (exact) mass is 501 g/mol. The first kappa shape index (κ1) is 24.6. The van der Waals surface area contributed by atoms with Gasteiger partial charge in [0.15, 0.2) is 0 Å². The average molecular weight is 502 g/mol. The SMILES string of the molecule is Cc1ccc(NC(=O)/C(C#N)=C2\SC(Cc3ccccc3Cl)C(=O)N2c2ccc(C)c(C)c2)cc1. The van der Waals surface area contributed by atoms with Crippen LogP contribution in [0.4, 0.5) is 11.4 Å². The molecule has 7 heteroatoms. The number of anilines is 2.